The number of nitrogens with two attached hydrogens (primary N) is 2. The van der Waals surface area contributed by atoms with Gasteiger partial charge < -0.3 is 16.3 Å². The van der Waals surface area contributed by atoms with Gasteiger partial charge in [0.15, 0.2) is 5.84 Å². The van der Waals surface area contributed by atoms with Crippen molar-refractivity contribution in [2.75, 3.05) is 0 Å². The third kappa shape index (κ3) is 4.52. The largest absolute Gasteiger partial charge is 0.389 e. The van der Waals surface area contributed by atoms with Crippen molar-refractivity contribution in [1.82, 2.24) is 0 Å². The molecule has 0 unspecified atom stereocenters. The molecule has 0 amide bonds. The highest BCUT2D eigenvalue weighted by molar-refractivity contribution is 7.14. The van der Waals surface area contributed by atoms with E-state index in [4.69, 9.17) is 16.3 Å². The van der Waals surface area contributed by atoms with Gasteiger partial charge in [-0.25, -0.2) is 0 Å². The highest BCUT2D eigenvalue weighted by atomic mass is 35.5. The van der Waals surface area contributed by atoms with Crippen LogP contribution in [0, 0.1) is 6.92 Å². The fraction of sp³-hybridized carbons (Fsp3) is 0.214. The minimum atomic E-state index is 0. The number of amidine groups is 1. The fourth-order valence-corrected chi connectivity index (χ4v) is 2.31. The van der Waals surface area contributed by atoms with E-state index in [1.54, 1.807) is 0 Å². The second kappa shape index (κ2) is 7.89. The summed E-state index contributed by atoms with van der Waals surface area (Å²) in [7, 11) is 0. The minimum absolute atomic E-state index is 0. The van der Waals surface area contributed by atoms with Gasteiger partial charge in [-0.15, -0.1) is 23.7 Å². The van der Waals surface area contributed by atoms with E-state index in [2.05, 4.69) is 5.16 Å². The van der Waals surface area contributed by atoms with Crippen molar-refractivity contribution < 1.29 is 4.84 Å². The number of rotatable bonds is 5. The Bertz CT molecular complexity index is 566. The SMILES string of the molecule is Cc1ccc(CON=C(N)c2ccc(CN)s2)cc1.Cl. The Balaban J connectivity index is 0.00000200. The summed E-state index contributed by atoms with van der Waals surface area (Å²) < 4.78 is 0. The zero-order valence-electron chi connectivity index (χ0n) is 11.2. The first-order chi connectivity index (χ1) is 9.19. The van der Waals surface area contributed by atoms with Crippen LogP contribution in [0.3, 0.4) is 0 Å². The van der Waals surface area contributed by atoms with Crippen LogP contribution in [0.1, 0.15) is 20.9 Å². The van der Waals surface area contributed by atoms with Gasteiger partial charge in [-0.2, -0.15) is 0 Å². The number of oxime groups is 1. The summed E-state index contributed by atoms with van der Waals surface area (Å²) in [5.74, 6) is 0.386. The van der Waals surface area contributed by atoms with Gasteiger partial charge in [0.1, 0.15) is 6.61 Å². The predicted molar refractivity (Wildman–Crippen MR) is 86.2 cm³/mol. The molecule has 6 heteroatoms. The van der Waals surface area contributed by atoms with Gasteiger partial charge in [-0.3, -0.25) is 0 Å². The first-order valence-electron chi connectivity index (χ1n) is 5.99. The Morgan fingerprint density at radius 1 is 1.20 bits per heavy atom. The lowest BCUT2D eigenvalue weighted by atomic mass is 10.2. The van der Waals surface area contributed by atoms with Crippen LogP contribution in [-0.2, 0) is 18.0 Å². The molecule has 0 saturated heterocycles. The molecule has 0 atom stereocenters. The van der Waals surface area contributed by atoms with Crippen molar-refractivity contribution in [1.29, 1.82) is 0 Å². The normalized spacial score (nSPS) is 11.0. The summed E-state index contributed by atoms with van der Waals surface area (Å²) in [4.78, 5) is 7.21. The maximum atomic E-state index is 5.85. The zero-order chi connectivity index (χ0) is 13.7. The highest BCUT2D eigenvalue weighted by Crippen LogP contribution is 2.15. The number of hydrogen-bond acceptors (Lipinski definition) is 4. The molecule has 0 fully saturated rings. The van der Waals surface area contributed by atoms with Gasteiger partial charge in [0, 0.05) is 11.4 Å². The second-order valence-corrected chi connectivity index (χ2v) is 5.37. The van der Waals surface area contributed by atoms with Crippen LogP contribution in [0.15, 0.2) is 41.6 Å². The highest BCUT2D eigenvalue weighted by Gasteiger charge is 2.03. The zero-order valence-corrected chi connectivity index (χ0v) is 12.8. The summed E-state index contributed by atoms with van der Waals surface area (Å²) in [6.45, 7) is 2.98. The van der Waals surface area contributed by atoms with E-state index >= 15 is 0 Å². The maximum absolute atomic E-state index is 5.85. The first kappa shape index (κ1) is 16.5. The molecule has 0 aliphatic rings. The van der Waals surface area contributed by atoms with E-state index in [-0.39, 0.29) is 12.4 Å². The Labute approximate surface area is 128 Å². The lowest BCUT2D eigenvalue weighted by molar-refractivity contribution is 0.130. The Morgan fingerprint density at radius 2 is 1.90 bits per heavy atom. The molecule has 0 spiro atoms. The molecule has 4 nitrogen and oxygen atoms in total. The standard InChI is InChI=1S/C14H17N3OS.ClH/c1-10-2-4-11(5-3-10)9-18-17-14(16)13-7-6-12(8-15)19-13;/h2-7H,8-9,15H2,1H3,(H2,16,17);1H. The summed E-state index contributed by atoms with van der Waals surface area (Å²) >= 11 is 1.53. The van der Waals surface area contributed by atoms with Gasteiger partial charge in [0.05, 0.1) is 4.88 Å². The molecule has 1 heterocycles. The van der Waals surface area contributed by atoms with Gasteiger partial charge in [-0.05, 0) is 24.6 Å². The quantitative estimate of drug-likeness (QED) is 0.506. The lowest BCUT2D eigenvalue weighted by Crippen LogP contribution is -2.12. The van der Waals surface area contributed by atoms with Gasteiger partial charge in [0.2, 0.25) is 0 Å². The average molecular weight is 312 g/mol. The van der Waals surface area contributed by atoms with Crippen molar-refractivity contribution in [3.63, 3.8) is 0 Å². The van der Waals surface area contributed by atoms with Crippen molar-refractivity contribution in [3.8, 4) is 0 Å². The first-order valence-corrected chi connectivity index (χ1v) is 6.81. The summed E-state index contributed by atoms with van der Waals surface area (Å²) in [5.41, 5.74) is 13.7. The number of thiophene rings is 1. The van der Waals surface area contributed by atoms with E-state index in [0.29, 0.717) is 19.0 Å². The molecule has 0 aliphatic carbocycles. The number of aryl methyl sites for hydroxylation is 1. The number of halogens is 1. The van der Waals surface area contributed by atoms with Gasteiger partial charge in [-0.1, -0.05) is 35.0 Å². The molecule has 0 bridgehead atoms. The number of nitrogens with zero attached hydrogens (tertiary/aromatic N) is 1. The number of hydrogen-bond donors (Lipinski definition) is 2. The molecule has 0 radical (unpaired) electrons. The van der Waals surface area contributed by atoms with Crippen molar-refractivity contribution in [3.05, 3.63) is 57.3 Å². The third-order valence-corrected chi connectivity index (χ3v) is 3.76. The van der Waals surface area contributed by atoms with Crippen LogP contribution in [0.4, 0.5) is 0 Å². The van der Waals surface area contributed by atoms with Crippen LogP contribution >= 0.6 is 23.7 Å². The van der Waals surface area contributed by atoms with E-state index in [0.717, 1.165) is 15.3 Å². The smallest absolute Gasteiger partial charge is 0.180 e. The van der Waals surface area contributed by atoms with E-state index < -0.39 is 0 Å². The van der Waals surface area contributed by atoms with E-state index in [9.17, 15) is 0 Å². The van der Waals surface area contributed by atoms with E-state index in [1.165, 1.54) is 16.9 Å². The van der Waals surface area contributed by atoms with Crippen LogP contribution in [0.2, 0.25) is 0 Å². The molecule has 0 aliphatic heterocycles. The molecule has 1 aromatic heterocycles. The Kier molecular flexibility index (Phi) is 6.51. The molecule has 2 rings (SSSR count). The fourth-order valence-electron chi connectivity index (χ4n) is 1.53. The van der Waals surface area contributed by atoms with Crippen molar-refractivity contribution in [2.45, 2.75) is 20.1 Å². The van der Waals surface area contributed by atoms with Crippen LogP contribution in [0.25, 0.3) is 0 Å². The molecular formula is C14H18ClN3OS. The third-order valence-electron chi connectivity index (χ3n) is 2.63. The topological polar surface area (TPSA) is 73.6 Å². The average Bonchev–Trinajstić information content (AvgIpc) is 2.90. The van der Waals surface area contributed by atoms with Crippen LogP contribution < -0.4 is 11.5 Å². The molecule has 108 valence electrons. The Hall–Kier alpha value is -1.56. The predicted octanol–water partition coefficient (Wildman–Crippen LogP) is 2.77. The number of benzene rings is 1. The summed E-state index contributed by atoms with van der Waals surface area (Å²) in [6, 6.07) is 12.0. The monoisotopic (exact) mass is 311 g/mol. The molecule has 4 N–H and O–H groups in total. The second-order valence-electron chi connectivity index (χ2n) is 4.21. The van der Waals surface area contributed by atoms with Gasteiger partial charge >= 0.3 is 0 Å². The van der Waals surface area contributed by atoms with E-state index in [1.807, 2.05) is 43.3 Å². The molecule has 0 saturated carbocycles. The molecule has 1 aromatic carbocycles. The summed E-state index contributed by atoms with van der Waals surface area (Å²) in [6.07, 6.45) is 0. The van der Waals surface area contributed by atoms with Crippen LogP contribution in [-0.4, -0.2) is 5.84 Å². The van der Waals surface area contributed by atoms with Crippen molar-refractivity contribution in [2.24, 2.45) is 16.6 Å². The molecule has 2 aromatic rings. The van der Waals surface area contributed by atoms with Crippen molar-refractivity contribution >= 4 is 29.6 Å². The van der Waals surface area contributed by atoms with Gasteiger partial charge in [0.25, 0.3) is 0 Å². The van der Waals surface area contributed by atoms with Crippen LogP contribution in [0.5, 0.6) is 0 Å². The maximum Gasteiger partial charge on any atom is 0.180 e. The lowest BCUT2D eigenvalue weighted by Gasteiger charge is -2.01. The Morgan fingerprint density at radius 3 is 2.50 bits per heavy atom. The summed E-state index contributed by atoms with van der Waals surface area (Å²) in [5, 5.41) is 3.92. The molecular weight excluding hydrogens is 294 g/mol. The molecule has 20 heavy (non-hydrogen) atoms. The minimum Gasteiger partial charge on any atom is -0.389 e.